The Kier molecular flexibility index (Phi) is 9.27. The van der Waals surface area contributed by atoms with Gasteiger partial charge in [0.2, 0.25) is 0 Å². The van der Waals surface area contributed by atoms with E-state index in [2.05, 4.69) is 4.90 Å². The van der Waals surface area contributed by atoms with Crippen molar-refractivity contribution >= 4 is 18.2 Å². The van der Waals surface area contributed by atoms with Crippen LogP contribution in [-0.4, -0.2) is 74.4 Å². The molecule has 1 aliphatic heterocycles. The highest BCUT2D eigenvalue weighted by Crippen LogP contribution is 2.25. The molecule has 7 nitrogen and oxygen atoms in total. The molecule has 0 atom stereocenters. The van der Waals surface area contributed by atoms with Gasteiger partial charge >= 0.3 is 5.97 Å². The molecule has 3 aromatic carbocycles. The lowest BCUT2D eigenvalue weighted by Gasteiger charge is -2.32. The number of benzene rings is 3. The molecule has 0 saturated carbocycles. The number of piperidine rings is 1. The van der Waals surface area contributed by atoms with Crippen molar-refractivity contribution in [2.45, 2.75) is 25.4 Å². The number of esters is 1. The van der Waals surface area contributed by atoms with Gasteiger partial charge in [-0.25, -0.2) is 0 Å². The molecule has 1 heterocycles. The molecule has 198 valence electrons. The molecule has 1 saturated heterocycles. The number of amides is 1. The Bertz CT molecular complexity index is 1250. The second kappa shape index (κ2) is 13.0. The molecule has 1 fully saturated rings. The van der Waals surface area contributed by atoms with Crippen LogP contribution in [0.25, 0.3) is 11.1 Å². The number of carbonyl (C=O) groups is 3. The first-order chi connectivity index (χ1) is 18.5. The maximum absolute atomic E-state index is 12.9. The number of ether oxygens (including phenoxy) is 2. The van der Waals surface area contributed by atoms with Crippen molar-refractivity contribution in [3.63, 3.8) is 0 Å². The van der Waals surface area contributed by atoms with Crippen LogP contribution in [0.5, 0.6) is 5.75 Å². The molecule has 4 rings (SSSR count). The first-order valence-electron chi connectivity index (χ1n) is 12.9. The number of hydrogen-bond acceptors (Lipinski definition) is 6. The van der Waals surface area contributed by atoms with E-state index in [1.54, 1.807) is 30.1 Å². The van der Waals surface area contributed by atoms with Gasteiger partial charge in [-0.3, -0.25) is 14.4 Å². The van der Waals surface area contributed by atoms with Crippen LogP contribution in [0.15, 0.2) is 72.8 Å². The summed E-state index contributed by atoms with van der Waals surface area (Å²) in [5.41, 5.74) is 4.00. The van der Waals surface area contributed by atoms with Crippen LogP contribution in [0.4, 0.5) is 0 Å². The molecule has 0 bridgehead atoms. The second-order valence-electron chi connectivity index (χ2n) is 9.54. The van der Waals surface area contributed by atoms with Crippen LogP contribution in [0.1, 0.15) is 39.1 Å². The quantitative estimate of drug-likeness (QED) is 0.293. The largest absolute Gasteiger partial charge is 0.496 e. The summed E-state index contributed by atoms with van der Waals surface area (Å²) >= 11 is 0. The fourth-order valence-corrected chi connectivity index (χ4v) is 4.76. The van der Waals surface area contributed by atoms with E-state index in [4.69, 9.17) is 9.47 Å². The van der Waals surface area contributed by atoms with Crippen molar-refractivity contribution in [2.75, 3.05) is 40.3 Å². The summed E-state index contributed by atoms with van der Waals surface area (Å²) in [6.07, 6.45) is 2.42. The Labute approximate surface area is 224 Å². The Morgan fingerprint density at radius 1 is 1.00 bits per heavy atom. The van der Waals surface area contributed by atoms with Gasteiger partial charge in [-0.1, -0.05) is 60.7 Å². The standard InChI is InChI=1S/C31H34N2O5/c1-32(31(36)28-13-12-23(22-34)20-29(28)37-2)18-19-33-16-14-26(15-17-33)38-30(35)21-25-10-6-7-11-27(25)24-8-4-3-5-9-24/h3-13,20,22,26H,14-19,21H2,1-2H3. The van der Waals surface area contributed by atoms with Crippen LogP contribution in [-0.2, 0) is 16.0 Å². The first-order valence-corrected chi connectivity index (χ1v) is 12.9. The van der Waals surface area contributed by atoms with Gasteiger partial charge in [-0.2, -0.15) is 0 Å². The minimum Gasteiger partial charge on any atom is -0.496 e. The lowest BCUT2D eigenvalue weighted by atomic mass is 9.98. The molecule has 0 aliphatic carbocycles. The number of rotatable bonds is 10. The van der Waals surface area contributed by atoms with E-state index in [1.165, 1.54) is 7.11 Å². The fourth-order valence-electron chi connectivity index (χ4n) is 4.76. The summed E-state index contributed by atoms with van der Waals surface area (Å²) in [6, 6.07) is 22.8. The fraction of sp³-hybridized carbons (Fsp3) is 0.323. The van der Waals surface area contributed by atoms with E-state index < -0.39 is 0 Å². The molecular formula is C31H34N2O5. The summed E-state index contributed by atoms with van der Waals surface area (Å²) < 4.78 is 11.1. The Morgan fingerprint density at radius 3 is 2.42 bits per heavy atom. The van der Waals surface area contributed by atoms with Gasteiger partial charge < -0.3 is 19.3 Å². The van der Waals surface area contributed by atoms with E-state index in [9.17, 15) is 14.4 Å². The van der Waals surface area contributed by atoms with Gasteiger partial charge in [0.25, 0.3) is 5.91 Å². The molecular weight excluding hydrogens is 480 g/mol. The number of nitrogens with zero attached hydrogens (tertiary/aromatic N) is 2. The first kappa shape index (κ1) is 27.1. The molecule has 3 aromatic rings. The van der Waals surface area contributed by atoms with Crippen molar-refractivity contribution in [1.29, 1.82) is 0 Å². The molecule has 0 radical (unpaired) electrons. The molecule has 0 aromatic heterocycles. The van der Waals surface area contributed by atoms with E-state index in [1.807, 2.05) is 54.6 Å². The Morgan fingerprint density at radius 2 is 1.71 bits per heavy atom. The van der Waals surface area contributed by atoms with Gasteiger partial charge in [0.1, 0.15) is 18.1 Å². The van der Waals surface area contributed by atoms with Gasteiger partial charge in [-0.05, 0) is 41.7 Å². The molecule has 1 aliphatic rings. The van der Waals surface area contributed by atoms with E-state index >= 15 is 0 Å². The zero-order valence-electron chi connectivity index (χ0n) is 22.0. The predicted molar refractivity (Wildman–Crippen MR) is 146 cm³/mol. The zero-order valence-corrected chi connectivity index (χ0v) is 22.0. The monoisotopic (exact) mass is 514 g/mol. The van der Waals surface area contributed by atoms with Gasteiger partial charge in [0.15, 0.2) is 0 Å². The van der Waals surface area contributed by atoms with E-state index in [-0.39, 0.29) is 24.4 Å². The third-order valence-corrected chi connectivity index (χ3v) is 6.96. The third-order valence-electron chi connectivity index (χ3n) is 6.96. The number of methoxy groups -OCH3 is 1. The van der Waals surface area contributed by atoms with Crippen LogP contribution in [0, 0.1) is 0 Å². The second-order valence-corrected chi connectivity index (χ2v) is 9.54. The lowest BCUT2D eigenvalue weighted by molar-refractivity contribution is -0.150. The highest BCUT2D eigenvalue weighted by Gasteiger charge is 2.24. The van der Waals surface area contributed by atoms with Crippen LogP contribution < -0.4 is 4.74 Å². The van der Waals surface area contributed by atoms with Crippen LogP contribution >= 0.6 is 0 Å². The Hall–Kier alpha value is -3.97. The van der Waals surface area contributed by atoms with Crippen LogP contribution in [0.3, 0.4) is 0 Å². The highest BCUT2D eigenvalue weighted by atomic mass is 16.5. The highest BCUT2D eigenvalue weighted by molar-refractivity contribution is 5.97. The average molecular weight is 515 g/mol. The van der Waals surface area contributed by atoms with E-state index in [0.717, 1.165) is 55.5 Å². The van der Waals surface area contributed by atoms with E-state index in [0.29, 0.717) is 23.4 Å². The zero-order chi connectivity index (χ0) is 26.9. The van der Waals surface area contributed by atoms with Crippen molar-refractivity contribution < 1.29 is 23.9 Å². The van der Waals surface area contributed by atoms with Gasteiger partial charge in [0.05, 0.1) is 19.1 Å². The Balaban J connectivity index is 1.23. The maximum Gasteiger partial charge on any atom is 0.310 e. The normalized spacial score (nSPS) is 14.1. The third kappa shape index (κ3) is 6.86. The van der Waals surface area contributed by atoms with Crippen LogP contribution in [0.2, 0.25) is 0 Å². The SMILES string of the molecule is COc1cc(C=O)ccc1C(=O)N(C)CCN1CCC(OC(=O)Cc2ccccc2-c2ccccc2)CC1. The molecule has 38 heavy (non-hydrogen) atoms. The lowest BCUT2D eigenvalue weighted by Crippen LogP contribution is -2.42. The van der Waals surface area contributed by atoms with Gasteiger partial charge in [-0.15, -0.1) is 0 Å². The topological polar surface area (TPSA) is 76.2 Å². The molecule has 0 N–H and O–H groups in total. The van der Waals surface area contributed by atoms with Crippen molar-refractivity contribution in [1.82, 2.24) is 9.80 Å². The summed E-state index contributed by atoms with van der Waals surface area (Å²) in [4.78, 5) is 40.6. The number of aldehydes is 1. The van der Waals surface area contributed by atoms with Gasteiger partial charge in [0, 0.05) is 38.8 Å². The smallest absolute Gasteiger partial charge is 0.310 e. The number of carbonyl (C=O) groups excluding carboxylic acids is 3. The summed E-state index contributed by atoms with van der Waals surface area (Å²) in [7, 11) is 3.25. The van der Waals surface area contributed by atoms with Crippen molar-refractivity contribution in [2.24, 2.45) is 0 Å². The minimum absolute atomic E-state index is 0.0948. The minimum atomic E-state index is -0.202. The summed E-state index contributed by atoms with van der Waals surface area (Å²) in [5, 5.41) is 0. The summed E-state index contributed by atoms with van der Waals surface area (Å²) in [5.74, 6) is 0.0334. The molecule has 1 amide bonds. The van der Waals surface area contributed by atoms with Crippen molar-refractivity contribution in [3.05, 3.63) is 89.5 Å². The molecule has 0 spiro atoms. The van der Waals surface area contributed by atoms with Crippen molar-refractivity contribution in [3.8, 4) is 16.9 Å². The molecule has 7 heteroatoms. The number of likely N-dealkylation sites (tertiary alicyclic amines) is 1. The average Bonchev–Trinajstić information content (AvgIpc) is 2.96. The number of likely N-dealkylation sites (N-methyl/N-ethyl adjacent to an activating group) is 1. The predicted octanol–water partition coefficient (Wildman–Crippen LogP) is 4.50. The molecule has 0 unspecified atom stereocenters. The summed E-state index contributed by atoms with van der Waals surface area (Å²) in [6.45, 7) is 2.89. The number of hydrogen-bond donors (Lipinski definition) is 0. The maximum atomic E-state index is 12.9.